The van der Waals surface area contributed by atoms with Gasteiger partial charge in [-0.15, -0.1) is 0 Å². The maximum atomic E-state index is 9.53. The monoisotopic (exact) mass is 271 g/mol. The normalized spacial score (nSPS) is 16.6. The fraction of sp³-hybridized carbons (Fsp3) is 0.250. The zero-order valence-electron chi connectivity index (χ0n) is 11.3. The number of para-hydroxylation sites is 1. The van der Waals surface area contributed by atoms with Gasteiger partial charge < -0.3 is 20.3 Å². The van der Waals surface area contributed by atoms with Crippen LogP contribution in [0, 0.1) is 6.92 Å². The molecule has 2 aromatic rings. The average molecular weight is 271 g/mol. The number of phenols is 1. The van der Waals surface area contributed by atoms with Crippen molar-refractivity contribution in [1.29, 1.82) is 0 Å². The van der Waals surface area contributed by atoms with Gasteiger partial charge in [0, 0.05) is 6.42 Å². The summed E-state index contributed by atoms with van der Waals surface area (Å²) in [6, 6.07) is 11.1. The quantitative estimate of drug-likeness (QED) is 0.665. The highest BCUT2D eigenvalue weighted by Gasteiger charge is 2.23. The van der Waals surface area contributed by atoms with Gasteiger partial charge in [-0.25, -0.2) is 0 Å². The van der Waals surface area contributed by atoms with Gasteiger partial charge in [0.25, 0.3) is 0 Å². The van der Waals surface area contributed by atoms with Crippen LogP contribution < -0.4 is 15.2 Å². The van der Waals surface area contributed by atoms with Crippen LogP contribution in [0.15, 0.2) is 36.4 Å². The zero-order valence-corrected chi connectivity index (χ0v) is 11.3. The van der Waals surface area contributed by atoms with Crippen LogP contribution in [0.25, 0.3) is 0 Å². The Bertz CT molecular complexity index is 640. The Kier molecular flexibility index (Phi) is 3.14. The fourth-order valence-electron chi connectivity index (χ4n) is 2.38. The van der Waals surface area contributed by atoms with E-state index in [2.05, 4.69) is 13.0 Å². The third kappa shape index (κ3) is 2.37. The van der Waals surface area contributed by atoms with Crippen molar-refractivity contribution in [3.8, 4) is 17.2 Å². The second kappa shape index (κ2) is 4.96. The van der Waals surface area contributed by atoms with Crippen molar-refractivity contribution >= 4 is 5.69 Å². The molecule has 3 rings (SSSR count). The number of benzene rings is 2. The van der Waals surface area contributed by atoms with Crippen LogP contribution in [0.4, 0.5) is 5.69 Å². The summed E-state index contributed by atoms with van der Waals surface area (Å²) < 4.78 is 11.5. The Labute approximate surface area is 117 Å². The van der Waals surface area contributed by atoms with Crippen molar-refractivity contribution in [3.63, 3.8) is 0 Å². The minimum absolute atomic E-state index is 0.0199. The first-order chi connectivity index (χ1) is 9.63. The Morgan fingerprint density at radius 1 is 1.35 bits per heavy atom. The van der Waals surface area contributed by atoms with Crippen molar-refractivity contribution in [2.24, 2.45) is 0 Å². The highest BCUT2D eigenvalue weighted by Crippen LogP contribution is 2.32. The molecule has 0 aromatic heterocycles. The summed E-state index contributed by atoms with van der Waals surface area (Å²) in [5.41, 5.74) is 8.46. The number of aryl methyl sites for hydroxylation is 1. The number of phenolic OH excluding ortho intramolecular Hbond substituents is 1. The number of rotatable bonds is 3. The molecule has 2 aromatic carbocycles. The molecule has 0 fully saturated rings. The van der Waals surface area contributed by atoms with Crippen molar-refractivity contribution in [2.75, 3.05) is 12.3 Å². The van der Waals surface area contributed by atoms with Crippen molar-refractivity contribution in [1.82, 2.24) is 0 Å². The van der Waals surface area contributed by atoms with E-state index in [0.29, 0.717) is 12.4 Å². The lowest BCUT2D eigenvalue weighted by atomic mass is 10.1. The SMILES string of the molecule is Cc1ccc2c(c1)CC(COc1cccc(O)c1N)O2. The summed E-state index contributed by atoms with van der Waals surface area (Å²) in [6.45, 7) is 2.47. The highest BCUT2D eigenvalue weighted by molar-refractivity contribution is 5.61. The van der Waals surface area contributed by atoms with Gasteiger partial charge in [0.15, 0.2) is 0 Å². The van der Waals surface area contributed by atoms with Crippen LogP contribution in [0.1, 0.15) is 11.1 Å². The van der Waals surface area contributed by atoms with Gasteiger partial charge in [0.05, 0.1) is 0 Å². The topological polar surface area (TPSA) is 64.7 Å². The number of ether oxygens (including phenoxy) is 2. The summed E-state index contributed by atoms with van der Waals surface area (Å²) in [5.74, 6) is 1.45. The third-order valence-corrected chi connectivity index (χ3v) is 3.43. The van der Waals surface area contributed by atoms with E-state index in [-0.39, 0.29) is 17.5 Å². The van der Waals surface area contributed by atoms with Crippen LogP contribution in [-0.4, -0.2) is 17.8 Å². The lowest BCUT2D eigenvalue weighted by molar-refractivity contribution is 0.149. The molecular weight excluding hydrogens is 254 g/mol. The molecule has 0 amide bonds. The minimum Gasteiger partial charge on any atom is -0.506 e. The molecule has 0 saturated heterocycles. The molecule has 4 heteroatoms. The zero-order chi connectivity index (χ0) is 14.1. The second-order valence-electron chi connectivity index (χ2n) is 5.06. The fourth-order valence-corrected chi connectivity index (χ4v) is 2.38. The summed E-state index contributed by atoms with van der Waals surface area (Å²) in [5, 5.41) is 9.53. The Morgan fingerprint density at radius 2 is 2.20 bits per heavy atom. The Balaban J connectivity index is 1.65. The molecule has 0 radical (unpaired) electrons. The van der Waals surface area contributed by atoms with Gasteiger partial charge in [-0.3, -0.25) is 0 Å². The number of hydrogen-bond acceptors (Lipinski definition) is 4. The van der Waals surface area contributed by atoms with Gasteiger partial charge in [0.1, 0.15) is 35.6 Å². The minimum atomic E-state index is -0.0199. The van der Waals surface area contributed by atoms with Crippen LogP contribution >= 0.6 is 0 Å². The predicted octanol–water partition coefficient (Wildman–Crippen LogP) is 2.67. The van der Waals surface area contributed by atoms with E-state index in [1.54, 1.807) is 12.1 Å². The molecular formula is C16H17NO3. The van der Waals surface area contributed by atoms with E-state index in [1.807, 2.05) is 12.1 Å². The van der Waals surface area contributed by atoms with Crippen molar-refractivity contribution < 1.29 is 14.6 Å². The summed E-state index contributed by atoms with van der Waals surface area (Å²) in [6.07, 6.45) is 0.809. The molecule has 4 nitrogen and oxygen atoms in total. The Hall–Kier alpha value is -2.36. The lowest BCUT2D eigenvalue weighted by Crippen LogP contribution is -2.22. The smallest absolute Gasteiger partial charge is 0.146 e. The van der Waals surface area contributed by atoms with Gasteiger partial charge in [0.2, 0.25) is 0 Å². The molecule has 0 bridgehead atoms. The lowest BCUT2D eigenvalue weighted by Gasteiger charge is -2.14. The van der Waals surface area contributed by atoms with E-state index in [0.717, 1.165) is 12.2 Å². The van der Waals surface area contributed by atoms with Crippen molar-refractivity contribution in [2.45, 2.75) is 19.4 Å². The maximum Gasteiger partial charge on any atom is 0.146 e. The van der Waals surface area contributed by atoms with Crippen LogP contribution in [0.5, 0.6) is 17.2 Å². The van der Waals surface area contributed by atoms with Crippen LogP contribution in [0.2, 0.25) is 0 Å². The molecule has 104 valence electrons. The first kappa shape index (κ1) is 12.7. The number of nitrogens with two attached hydrogens (primary N) is 1. The first-order valence-corrected chi connectivity index (χ1v) is 6.60. The van der Waals surface area contributed by atoms with E-state index in [1.165, 1.54) is 17.2 Å². The number of hydrogen-bond donors (Lipinski definition) is 2. The Morgan fingerprint density at radius 3 is 3.05 bits per heavy atom. The molecule has 20 heavy (non-hydrogen) atoms. The summed E-state index contributed by atoms with van der Waals surface area (Å²) >= 11 is 0. The summed E-state index contributed by atoms with van der Waals surface area (Å²) in [4.78, 5) is 0. The number of fused-ring (bicyclic) bond motifs is 1. The van der Waals surface area contributed by atoms with Crippen molar-refractivity contribution in [3.05, 3.63) is 47.5 Å². The predicted molar refractivity (Wildman–Crippen MR) is 77.3 cm³/mol. The summed E-state index contributed by atoms with van der Waals surface area (Å²) in [7, 11) is 0. The van der Waals surface area contributed by atoms with Gasteiger partial charge in [-0.1, -0.05) is 23.8 Å². The molecule has 1 unspecified atom stereocenters. The number of aromatic hydroxyl groups is 1. The average Bonchev–Trinajstić information content (AvgIpc) is 2.82. The van der Waals surface area contributed by atoms with E-state index in [4.69, 9.17) is 15.2 Å². The van der Waals surface area contributed by atoms with E-state index >= 15 is 0 Å². The third-order valence-electron chi connectivity index (χ3n) is 3.43. The molecule has 0 saturated carbocycles. The van der Waals surface area contributed by atoms with Crippen LogP contribution in [0.3, 0.4) is 0 Å². The largest absolute Gasteiger partial charge is 0.506 e. The number of nitrogen functional groups attached to an aromatic ring is 1. The van der Waals surface area contributed by atoms with Crippen LogP contribution in [-0.2, 0) is 6.42 Å². The maximum absolute atomic E-state index is 9.53. The second-order valence-corrected chi connectivity index (χ2v) is 5.06. The molecule has 0 aliphatic carbocycles. The number of anilines is 1. The highest BCUT2D eigenvalue weighted by atomic mass is 16.5. The first-order valence-electron chi connectivity index (χ1n) is 6.60. The van der Waals surface area contributed by atoms with Gasteiger partial charge >= 0.3 is 0 Å². The van der Waals surface area contributed by atoms with E-state index in [9.17, 15) is 5.11 Å². The van der Waals surface area contributed by atoms with Gasteiger partial charge in [-0.2, -0.15) is 0 Å². The molecule has 1 aliphatic heterocycles. The van der Waals surface area contributed by atoms with E-state index < -0.39 is 0 Å². The molecule has 1 aliphatic rings. The molecule has 0 spiro atoms. The molecule has 3 N–H and O–H groups in total. The van der Waals surface area contributed by atoms with Gasteiger partial charge in [-0.05, 0) is 30.7 Å². The molecule has 1 heterocycles. The molecule has 1 atom stereocenters. The standard InChI is InChI=1S/C16H17NO3/c1-10-5-6-14-11(7-10)8-12(20-14)9-19-15-4-2-3-13(18)16(15)17/h2-7,12,18H,8-9,17H2,1H3.